The Kier molecular flexibility index (Phi) is 6.21. The maximum absolute atomic E-state index is 12.5. The Bertz CT molecular complexity index is 612. The van der Waals surface area contributed by atoms with E-state index in [1.165, 1.54) is 12.1 Å². The van der Waals surface area contributed by atoms with E-state index >= 15 is 0 Å². The average Bonchev–Trinajstić information content (AvgIpc) is 3.29. The molecule has 1 heterocycles. The number of amides is 1. The van der Waals surface area contributed by atoms with Gasteiger partial charge in [0.15, 0.2) is 0 Å². The summed E-state index contributed by atoms with van der Waals surface area (Å²) in [6, 6.07) is 6.19. The van der Waals surface area contributed by atoms with E-state index in [0.29, 0.717) is 17.9 Å². The number of piperidine rings is 1. The minimum Gasteiger partial charge on any atom is -0.405 e. The predicted octanol–water partition coefficient (Wildman–Crippen LogP) is 3.22. The van der Waals surface area contributed by atoms with Gasteiger partial charge in [-0.1, -0.05) is 25.1 Å². The topological polar surface area (TPSA) is 50.4 Å². The first kappa shape index (κ1) is 19.8. The van der Waals surface area contributed by atoms with Crippen molar-refractivity contribution in [2.24, 2.45) is 11.8 Å². The number of carbonyl (C=O) groups excluding carboxylic acids is 1. The number of rotatable bonds is 4. The van der Waals surface area contributed by atoms with Crippen LogP contribution in [0.1, 0.15) is 31.2 Å². The van der Waals surface area contributed by atoms with Gasteiger partial charge in [0.1, 0.15) is 5.75 Å². The molecule has 0 bridgehead atoms. The standard InChI is InChI=1S/C17H21F3N2O2.ClH/c1-10-9-21-7-6-14(10)22-16(23)13-8-12(13)11-4-2-3-5-15(11)24-17(18,19)20;/h2-5,10,12-14,21H,6-9H2,1H3,(H,22,23);1H. The maximum Gasteiger partial charge on any atom is 0.573 e. The molecule has 2 N–H and O–H groups in total. The molecule has 1 aliphatic carbocycles. The largest absolute Gasteiger partial charge is 0.573 e. The van der Waals surface area contributed by atoms with Crippen LogP contribution in [0.15, 0.2) is 24.3 Å². The van der Waals surface area contributed by atoms with Crippen molar-refractivity contribution >= 4 is 18.3 Å². The Hall–Kier alpha value is -1.47. The molecular formula is C17H22ClF3N2O2. The van der Waals surface area contributed by atoms with Gasteiger partial charge in [0.2, 0.25) is 5.91 Å². The smallest absolute Gasteiger partial charge is 0.405 e. The van der Waals surface area contributed by atoms with Gasteiger partial charge in [0.25, 0.3) is 0 Å². The minimum absolute atomic E-state index is 0. The predicted molar refractivity (Wildman–Crippen MR) is 89.8 cm³/mol. The van der Waals surface area contributed by atoms with Crippen molar-refractivity contribution in [1.29, 1.82) is 0 Å². The summed E-state index contributed by atoms with van der Waals surface area (Å²) in [5.41, 5.74) is 0.452. The molecule has 0 spiro atoms. The normalized spacial score (nSPS) is 28.6. The van der Waals surface area contributed by atoms with Crippen LogP contribution in [0.5, 0.6) is 5.75 Å². The molecule has 0 radical (unpaired) electrons. The number of carbonyl (C=O) groups is 1. The molecule has 4 nitrogen and oxygen atoms in total. The van der Waals surface area contributed by atoms with Crippen molar-refractivity contribution in [1.82, 2.24) is 10.6 Å². The zero-order chi connectivity index (χ0) is 17.3. The summed E-state index contributed by atoms with van der Waals surface area (Å²) in [7, 11) is 0. The van der Waals surface area contributed by atoms with E-state index in [4.69, 9.17) is 0 Å². The van der Waals surface area contributed by atoms with E-state index in [1.54, 1.807) is 12.1 Å². The molecule has 1 amide bonds. The molecule has 3 rings (SSSR count). The van der Waals surface area contributed by atoms with Crippen molar-refractivity contribution in [3.05, 3.63) is 29.8 Å². The first-order valence-electron chi connectivity index (χ1n) is 8.21. The molecule has 4 atom stereocenters. The lowest BCUT2D eigenvalue weighted by Crippen LogP contribution is -2.48. The summed E-state index contributed by atoms with van der Waals surface area (Å²) >= 11 is 0. The number of hydrogen-bond acceptors (Lipinski definition) is 3. The number of para-hydroxylation sites is 1. The number of nitrogens with one attached hydrogen (secondary N) is 2. The van der Waals surface area contributed by atoms with Crippen LogP contribution in [0.4, 0.5) is 13.2 Å². The van der Waals surface area contributed by atoms with Crippen molar-refractivity contribution in [3.8, 4) is 5.75 Å². The van der Waals surface area contributed by atoms with E-state index in [2.05, 4.69) is 22.3 Å². The molecule has 2 aliphatic rings. The fourth-order valence-corrected chi connectivity index (χ4v) is 3.35. The first-order chi connectivity index (χ1) is 11.3. The Morgan fingerprint density at radius 1 is 1.32 bits per heavy atom. The van der Waals surface area contributed by atoms with Gasteiger partial charge in [-0.2, -0.15) is 0 Å². The fourth-order valence-electron chi connectivity index (χ4n) is 3.35. The summed E-state index contributed by atoms with van der Waals surface area (Å²) < 4.78 is 41.6. The molecule has 1 aromatic rings. The Balaban J connectivity index is 0.00000225. The van der Waals surface area contributed by atoms with Crippen LogP contribution in [-0.4, -0.2) is 31.4 Å². The average molecular weight is 379 g/mol. The number of alkyl halides is 3. The van der Waals surface area contributed by atoms with Crippen LogP contribution < -0.4 is 15.4 Å². The second kappa shape index (κ2) is 7.83. The van der Waals surface area contributed by atoms with Gasteiger partial charge in [-0.05, 0) is 49.4 Å². The molecule has 140 valence electrons. The second-order valence-electron chi connectivity index (χ2n) is 6.62. The molecule has 0 aromatic heterocycles. The lowest BCUT2D eigenvalue weighted by atomic mass is 9.95. The van der Waals surface area contributed by atoms with E-state index in [0.717, 1.165) is 19.5 Å². The SMILES string of the molecule is CC1CNCCC1NC(=O)C1CC1c1ccccc1OC(F)(F)F.Cl. The summed E-state index contributed by atoms with van der Waals surface area (Å²) in [6.07, 6.45) is -3.30. The lowest BCUT2D eigenvalue weighted by Gasteiger charge is -2.30. The molecular weight excluding hydrogens is 357 g/mol. The van der Waals surface area contributed by atoms with Crippen molar-refractivity contribution in [2.45, 2.75) is 38.1 Å². The minimum atomic E-state index is -4.73. The van der Waals surface area contributed by atoms with Crippen molar-refractivity contribution in [2.75, 3.05) is 13.1 Å². The zero-order valence-corrected chi connectivity index (χ0v) is 14.6. The lowest BCUT2D eigenvalue weighted by molar-refractivity contribution is -0.274. The van der Waals surface area contributed by atoms with Gasteiger partial charge in [-0.15, -0.1) is 25.6 Å². The van der Waals surface area contributed by atoms with Gasteiger partial charge in [-0.25, -0.2) is 0 Å². The number of halogens is 4. The quantitative estimate of drug-likeness (QED) is 0.845. The van der Waals surface area contributed by atoms with Gasteiger partial charge in [0, 0.05) is 12.0 Å². The molecule has 1 saturated carbocycles. The van der Waals surface area contributed by atoms with E-state index in [-0.39, 0.29) is 41.9 Å². The highest BCUT2D eigenvalue weighted by Crippen LogP contribution is 2.51. The highest BCUT2D eigenvalue weighted by molar-refractivity contribution is 5.85. The first-order valence-corrected chi connectivity index (χ1v) is 8.21. The van der Waals surface area contributed by atoms with E-state index in [1.807, 2.05) is 0 Å². The van der Waals surface area contributed by atoms with Crippen molar-refractivity contribution < 1.29 is 22.7 Å². The van der Waals surface area contributed by atoms with Crippen LogP contribution in [0.25, 0.3) is 0 Å². The molecule has 4 unspecified atom stereocenters. The molecule has 25 heavy (non-hydrogen) atoms. The van der Waals surface area contributed by atoms with E-state index in [9.17, 15) is 18.0 Å². The molecule has 8 heteroatoms. The van der Waals surface area contributed by atoms with Crippen LogP contribution >= 0.6 is 12.4 Å². The van der Waals surface area contributed by atoms with Crippen molar-refractivity contribution in [3.63, 3.8) is 0 Å². The van der Waals surface area contributed by atoms with E-state index < -0.39 is 6.36 Å². The van der Waals surface area contributed by atoms with Crippen LogP contribution in [0.2, 0.25) is 0 Å². The van der Waals surface area contributed by atoms with Gasteiger partial charge >= 0.3 is 6.36 Å². The Labute approximate surface area is 150 Å². The van der Waals surface area contributed by atoms with Gasteiger partial charge in [0.05, 0.1) is 0 Å². The third kappa shape index (κ3) is 5.01. The molecule has 1 saturated heterocycles. The number of benzene rings is 1. The summed E-state index contributed by atoms with van der Waals surface area (Å²) in [5.74, 6) is -0.410. The monoisotopic (exact) mass is 378 g/mol. The van der Waals surface area contributed by atoms with Gasteiger partial charge < -0.3 is 15.4 Å². The van der Waals surface area contributed by atoms with Crippen LogP contribution in [0.3, 0.4) is 0 Å². The van der Waals surface area contributed by atoms with Gasteiger partial charge in [-0.3, -0.25) is 4.79 Å². The molecule has 2 fully saturated rings. The third-order valence-corrected chi connectivity index (χ3v) is 4.78. The van der Waals surface area contributed by atoms with Crippen LogP contribution in [-0.2, 0) is 4.79 Å². The fraction of sp³-hybridized carbons (Fsp3) is 0.588. The number of ether oxygens (including phenoxy) is 1. The highest BCUT2D eigenvalue weighted by atomic mass is 35.5. The summed E-state index contributed by atoms with van der Waals surface area (Å²) in [6.45, 7) is 3.81. The third-order valence-electron chi connectivity index (χ3n) is 4.78. The maximum atomic E-state index is 12.5. The van der Waals surface area contributed by atoms with Crippen LogP contribution in [0, 0.1) is 11.8 Å². The zero-order valence-electron chi connectivity index (χ0n) is 13.8. The summed E-state index contributed by atoms with van der Waals surface area (Å²) in [4.78, 5) is 12.4. The Morgan fingerprint density at radius 2 is 2.04 bits per heavy atom. The second-order valence-corrected chi connectivity index (χ2v) is 6.62. The number of hydrogen-bond donors (Lipinski definition) is 2. The highest BCUT2D eigenvalue weighted by Gasteiger charge is 2.47. The molecule has 1 aliphatic heterocycles. The summed E-state index contributed by atoms with van der Waals surface area (Å²) in [5, 5.41) is 6.33. The Morgan fingerprint density at radius 3 is 2.72 bits per heavy atom. The molecule has 1 aromatic carbocycles.